The Morgan fingerprint density at radius 1 is 1.24 bits per heavy atom. The molecule has 1 unspecified atom stereocenters. The molecular weight excluding hydrogens is 360 g/mol. The number of halogens is 2. The Bertz CT molecular complexity index is 686. The van der Waals surface area contributed by atoms with E-state index in [1.165, 1.54) is 0 Å². The molecule has 0 N–H and O–H groups in total. The summed E-state index contributed by atoms with van der Waals surface area (Å²) in [7, 11) is -4.61. The highest BCUT2D eigenvalue weighted by atomic mass is 32.2. The van der Waals surface area contributed by atoms with Crippen molar-refractivity contribution >= 4 is 16.1 Å². The lowest BCUT2D eigenvalue weighted by Gasteiger charge is -2.30. The predicted molar refractivity (Wildman–Crippen MR) is 81.8 cm³/mol. The maximum absolute atomic E-state index is 13.1. The van der Waals surface area contributed by atoms with Gasteiger partial charge >= 0.3 is 5.97 Å². The first kappa shape index (κ1) is 19.7. The van der Waals surface area contributed by atoms with Crippen molar-refractivity contribution in [1.82, 2.24) is 4.90 Å². The Kier molecular flexibility index (Phi) is 6.82. The van der Waals surface area contributed by atoms with E-state index in [1.54, 1.807) is 0 Å². The minimum Gasteiger partial charge on any atom is -0.748 e. The van der Waals surface area contributed by atoms with Crippen molar-refractivity contribution < 1.29 is 36.0 Å². The molecule has 1 heterocycles. The van der Waals surface area contributed by atoms with E-state index in [9.17, 15) is 26.5 Å². The monoisotopic (exact) mass is 378 g/mol. The molecule has 0 aromatic heterocycles. The van der Waals surface area contributed by atoms with Crippen LogP contribution in [0.25, 0.3) is 0 Å². The molecule has 0 saturated carbocycles. The largest absolute Gasteiger partial charge is 0.748 e. The number of benzene rings is 1. The number of hydrogen-bond donors (Lipinski definition) is 0. The summed E-state index contributed by atoms with van der Waals surface area (Å²) in [6.45, 7) is 2.00. The summed E-state index contributed by atoms with van der Waals surface area (Å²) < 4.78 is 69.6. The molecule has 25 heavy (non-hydrogen) atoms. The SMILES string of the molecule is O=C(Cc1cc(F)cc(F)c1)OC(CN1CCOCC1)CS(=O)(=O)[O-]. The van der Waals surface area contributed by atoms with Gasteiger partial charge < -0.3 is 14.0 Å². The lowest BCUT2D eigenvalue weighted by Crippen LogP contribution is -2.44. The number of morpholine rings is 1. The maximum atomic E-state index is 13.1. The molecule has 1 aliphatic rings. The van der Waals surface area contributed by atoms with Crippen LogP contribution in [0.1, 0.15) is 5.56 Å². The van der Waals surface area contributed by atoms with Gasteiger partial charge in [0.05, 0.1) is 35.5 Å². The van der Waals surface area contributed by atoms with E-state index in [1.807, 2.05) is 4.90 Å². The topological polar surface area (TPSA) is 96.0 Å². The summed E-state index contributed by atoms with van der Waals surface area (Å²) >= 11 is 0. The molecule has 1 saturated heterocycles. The quantitative estimate of drug-likeness (QED) is 0.497. The molecule has 0 aliphatic carbocycles. The van der Waals surface area contributed by atoms with Gasteiger partial charge in [-0.1, -0.05) is 0 Å². The van der Waals surface area contributed by atoms with Crippen LogP contribution in [0.4, 0.5) is 8.78 Å². The fraction of sp³-hybridized carbons (Fsp3) is 0.533. The first-order valence-electron chi connectivity index (χ1n) is 7.59. The first-order valence-corrected chi connectivity index (χ1v) is 9.17. The summed E-state index contributed by atoms with van der Waals surface area (Å²) in [4.78, 5) is 13.8. The maximum Gasteiger partial charge on any atom is 0.310 e. The fourth-order valence-electron chi connectivity index (χ4n) is 2.53. The van der Waals surface area contributed by atoms with Crippen molar-refractivity contribution in [3.63, 3.8) is 0 Å². The van der Waals surface area contributed by atoms with Gasteiger partial charge in [-0.15, -0.1) is 0 Å². The summed E-state index contributed by atoms with van der Waals surface area (Å²) in [5.74, 6) is -3.41. The molecule has 0 radical (unpaired) electrons. The van der Waals surface area contributed by atoms with Gasteiger partial charge in [-0.2, -0.15) is 0 Å². The molecule has 1 aromatic carbocycles. The lowest BCUT2D eigenvalue weighted by molar-refractivity contribution is -0.148. The van der Waals surface area contributed by atoms with Crippen LogP contribution < -0.4 is 0 Å². The summed E-state index contributed by atoms with van der Waals surface area (Å²) in [5.41, 5.74) is 0.0533. The second-order valence-corrected chi connectivity index (χ2v) is 7.15. The van der Waals surface area contributed by atoms with E-state index in [2.05, 4.69) is 0 Å². The molecule has 0 bridgehead atoms. The van der Waals surface area contributed by atoms with Crippen LogP contribution in [0.5, 0.6) is 0 Å². The molecule has 2 rings (SSSR count). The zero-order chi connectivity index (χ0) is 18.4. The summed E-state index contributed by atoms with van der Waals surface area (Å²) in [6.07, 6.45) is -1.60. The Morgan fingerprint density at radius 3 is 2.40 bits per heavy atom. The van der Waals surface area contributed by atoms with Crippen LogP contribution in [-0.2, 0) is 30.8 Å². The molecule has 1 fully saturated rings. The zero-order valence-electron chi connectivity index (χ0n) is 13.3. The fourth-order valence-corrected chi connectivity index (χ4v) is 3.16. The summed E-state index contributed by atoms with van der Waals surface area (Å²) in [6, 6.07) is 2.62. The van der Waals surface area contributed by atoms with Gasteiger partial charge in [0, 0.05) is 25.7 Å². The third-order valence-corrected chi connectivity index (χ3v) is 4.30. The third-order valence-electron chi connectivity index (χ3n) is 3.52. The zero-order valence-corrected chi connectivity index (χ0v) is 14.1. The number of carbonyl (C=O) groups is 1. The van der Waals surface area contributed by atoms with Crippen molar-refractivity contribution in [3.05, 3.63) is 35.4 Å². The van der Waals surface area contributed by atoms with Crippen molar-refractivity contribution in [2.75, 3.05) is 38.6 Å². The minimum absolute atomic E-state index is 0.0533. The van der Waals surface area contributed by atoms with Crippen LogP contribution in [0.15, 0.2) is 18.2 Å². The second kappa shape index (κ2) is 8.65. The Morgan fingerprint density at radius 2 is 1.84 bits per heavy atom. The molecule has 10 heteroatoms. The number of hydrogen-bond acceptors (Lipinski definition) is 7. The smallest absolute Gasteiger partial charge is 0.310 e. The molecule has 1 aromatic rings. The van der Waals surface area contributed by atoms with E-state index in [-0.39, 0.29) is 12.1 Å². The average molecular weight is 378 g/mol. The van der Waals surface area contributed by atoms with E-state index >= 15 is 0 Å². The molecule has 1 atom stereocenters. The van der Waals surface area contributed by atoms with Gasteiger partial charge in [-0.05, 0) is 17.7 Å². The normalized spacial score (nSPS) is 17.2. The average Bonchev–Trinajstić information content (AvgIpc) is 2.44. The standard InChI is InChI=1S/C15H19F2NO6S/c16-12-5-11(6-13(17)8-12)7-15(19)24-14(10-25(20,21)22)9-18-1-3-23-4-2-18/h5-6,8,14H,1-4,7,9-10H2,(H,20,21,22)/p-1. The number of carbonyl (C=O) groups excluding carboxylic acids is 1. The third kappa shape index (κ3) is 7.43. The Balaban J connectivity index is 1.99. The van der Waals surface area contributed by atoms with Crippen molar-refractivity contribution in [2.24, 2.45) is 0 Å². The second-order valence-electron chi connectivity index (χ2n) is 5.70. The summed E-state index contributed by atoms with van der Waals surface area (Å²) in [5, 5.41) is 0. The highest BCUT2D eigenvalue weighted by molar-refractivity contribution is 7.85. The molecular formula is C15H18F2NO6S-. The lowest BCUT2D eigenvalue weighted by atomic mass is 10.1. The number of rotatable bonds is 7. The van der Waals surface area contributed by atoms with Gasteiger partial charge in [0.15, 0.2) is 0 Å². The van der Waals surface area contributed by atoms with E-state index in [0.29, 0.717) is 32.4 Å². The molecule has 7 nitrogen and oxygen atoms in total. The number of esters is 1. The Hall–Kier alpha value is -1.62. The molecule has 0 spiro atoms. The first-order chi connectivity index (χ1) is 11.7. The van der Waals surface area contributed by atoms with Crippen LogP contribution in [0, 0.1) is 11.6 Å². The Labute approximate surface area is 144 Å². The van der Waals surface area contributed by atoms with Gasteiger partial charge in [0.25, 0.3) is 0 Å². The van der Waals surface area contributed by atoms with Gasteiger partial charge in [-0.25, -0.2) is 17.2 Å². The van der Waals surface area contributed by atoms with Crippen LogP contribution in [-0.4, -0.2) is 68.5 Å². The number of nitrogens with zero attached hydrogens (tertiary/aromatic N) is 1. The van der Waals surface area contributed by atoms with Crippen LogP contribution in [0.2, 0.25) is 0 Å². The van der Waals surface area contributed by atoms with E-state index in [0.717, 1.165) is 12.1 Å². The van der Waals surface area contributed by atoms with Crippen molar-refractivity contribution in [2.45, 2.75) is 12.5 Å². The number of ether oxygens (including phenoxy) is 2. The van der Waals surface area contributed by atoms with E-state index < -0.39 is 46.0 Å². The van der Waals surface area contributed by atoms with Gasteiger partial charge in [0.1, 0.15) is 17.7 Å². The highest BCUT2D eigenvalue weighted by Crippen LogP contribution is 2.11. The highest BCUT2D eigenvalue weighted by Gasteiger charge is 2.22. The molecule has 140 valence electrons. The van der Waals surface area contributed by atoms with Gasteiger partial charge in [0.2, 0.25) is 0 Å². The molecule has 0 amide bonds. The van der Waals surface area contributed by atoms with Crippen molar-refractivity contribution in [3.8, 4) is 0 Å². The van der Waals surface area contributed by atoms with E-state index in [4.69, 9.17) is 9.47 Å². The van der Waals surface area contributed by atoms with Gasteiger partial charge in [-0.3, -0.25) is 9.69 Å². The van der Waals surface area contributed by atoms with Crippen molar-refractivity contribution in [1.29, 1.82) is 0 Å². The minimum atomic E-state index is -4.61. The van der Waals surface area contributed by atoms with Crippen LogP contribution >= 0.6 is 0 Å². The predicted octanol–water partition coefficient (Wildman–Crippen LogP) is 0.297. The van der Waals surface area contributed by atoms with Crippen LogP contribution in [0.3, 0.4) is 0 Å². The molecule has 1 aliphatic heterocycles.